The lowest BCUT2D eigenvalue weighted by molar-refractivity contribution is 0.181. The molecule has 19 heavy (non-hydrogen) atoms. The van der Waals surface area contributed by atoms with E-state index in [2.05, 4.69) is 11.9 Å². The zero-order chi connectivity index (χ0) is 14.3. The number of aliphatic hydroxyl groups is 1. The first-order valence-electron chi connectivity index (χ1n) is 6.11. The molecular weight excluding hydrogens is 264 g/mol. The highest BCUT2D eigenvalue weighted by molar-refractivity contribution is 6.31. The van der Waals surface area contributed by atoms with Gasteiger partial charge in [0, 0.05) is 18.1 Å². The Bertz CT molecular complexity index is 437. The molecule has 2 N–H and O–H groups in total. The molecular formula is C14H19ClN2O2. The summed E-state index contributed by atoms with van der Waals surface area (Å²) in [5, 5.41) is 12.4. The van der Waals surface area contributed by atoms with Crippen LogP contribution in [0.2, 0.25) is 5.02 Å². The summed E-state index contributed by atoms with van der Waals surface area (Å²) in [5.74, 6) is 0. The Morgan fingerprint density at radius 1 is 1.58 bits per heavy atom. The maximum atomic E-state index is 12.0. The van der Waals surface area contributed by atoms with E-state index in [1.807, 2.05) is 25.1 Å². The van der Waals surface area contributed by atoms with Crippen LogP contribution in [0.15, 0.2) is 36.9 Å². The average Bonchev–Trinajstić information content (AvgIpc) is 2.38. The molecule has 0 radical (unpaired) electrons. The Kier molecular flexibility index (Phi) is 6.39. The summed E-state index contributed by atoms with van der Waals surface area (Å²) in [4.78, 5) is 13.5. The second kappa shape index (κ2) is 7.81. The number of hydrogen-bond donors (Lipinski definition) is 2. The van der Waals surface area contributed by atoms with Gasteiger partial charge in [-0.05, 0) is 18.6 Å². The molecule has 1 rings (SSSR count). The van der Waals surface area contributed by atoms with E-state index >= 15 is 0 Å². The third kappa shape index (κ3) is 4.58. The fourth-order valence-electron chi connectivity index (χ4n) is 1.73. The number of amides is 2. The summed E-state index contributed by atoms with van der Waals surface area (Å²) in [6.45, 7) is 6.04. The van der Waals surface area contributed by atoms with E-state index in [4.69, 9.17) is 16.7 Å². The number of halogens is 1. The van der Waals surface area contributed by atoms with Gasteiger partial charge in [-0.25, -0.2) is 4.79 Å². The van der Waals surface area contributed by atoms with Gasteiger partial charge in [0.25, 0.3) is 0 Å². The molecule has 1 aromatic rings. The van der Waals surface area contributed by atoms with Crippen molar-refractivity contribution in [2.75, 3.05) is 19.7 Å². The summed E-state index contributed by atoms with van der Waals surface area (Å²) in [6, 6.07) is 6.93. The van der Waals surface area contributed by atoms with Crippen LogP contribution in [0.5, 0.6) is 0 Å². The molecule has 0 saturated carbocycles. The first-order chi connectivity index (χ1) is 9.10. The molecule has 2 amide bonds. The standard InChI is InChI=1S/C14H19ClN2O2/c1-3-8-17(9-10-18)14(19)16-11(2)12-6-4-5-7-13(12)15/h3-7,11,18H,1,8-10H2,2H3,(H,16,19). The van der Waals surface area contributed by atoms with Crippen molar-refractivity contribution in [3.05, 3.63) is 47.5 Å². The van der Waals surface area contributed by atoms with Crippen molar-refractivity contribution in [3.63, 3.8) is 0 Å². The monoisotopic (exact) mass is 282 g/mol. The maximum Gasteiger partial charge on any atom is 0.318 e. The maximum absolute atomic E-state index is 12.0. The Labute approximate surface area is 118 Å². The highest BCUT2D eigenvalue weighted by Gasteiger charge is 2.16. The van der Waals surface area contributed by atoms with Gasteiger partial charge in [0.1, 0.15) is 0 Å². The summed E-state index contributed by atoms with van der Waals surface area (Å²) in [6.07, 6.45) is 1.62. The van der Waals surface area contributed by atoms with E-state index in [1.165, 1.54) is 4.90 Å². The number of rotatable bonds is 6. The first-order valence-corrected chi connectivity index (χ1v) is 6.49. The van der Waals surface area contributed by atoms with Gasteiger partial charge in [-0.2, -0.15) is 0 Å². The fourth-order valence-corrected chi connectivity index (χ4v) is 2.03. The summed E-state index contributed by atoms with van der Waals surface area (Å²) < 4.78 is 0. The number of nitrogens with one attached hydrogen (secondary N) is 1. The normalized spacial score (nSPS) is 11.7. The summed E-state index contributed by atoms with van der Waals surface area (Å²) in [7, 11) is 0. The molecule has 0 aliphatic heterocycles. The zero-order valence-electron chi connectivity index (χ0n) is 11.0. The van der Waals surface area contributed by atoms with Crippen LogP contribution in [0.25, 0.3) is 0 Å². The van der Waals surface area contributed by atoms with Crippen LogP contribution in [0.1, 0.15) is 18.5 Å². The molecule has 0 heterocycles. The molecule has 0 aromatic heterocycles. The molecule has 104 valence electrons. The number of hydrogen-bond acceptors (Lipinski definition) is 2. The molecule has 1 unspecified atom stereocenters. The van der Waals surface area contributed by atoms with Gasteiger partial charge in [0.15, 0.2) is 0 Å². The van der Waals surface area contributed by atoms with Gasteiger partial charge in [-0.3, -0.25) is 0 Å². The predicted molar refractivity (Wildman–Crippen MR) is 77.3 cm³/mol. The first kappa shape index (κ1) is 15.5. The van der Waals surface area contributed by atoms with E-state index in [1.54, 1.807) is 12.1 Å². The number of nitrogens with zero attached hydrogens (tertiary/aromatic N) is 1. The molecule has 4 nitrogen and oxygen atoms in total. The van der Waals surface area contributed by atoms with Crippen molar-refractivity contribution in [3.8, 4) is 0 Å². The highest BCUT2D eigenvalue weighted by atomic mass is 35.5. The van der Waals surface area contributed by atoms with Gasteiger partial charge in [0.05, 0.1) is 12.6 Å². The Morgan fingerprint density at radius 3 is 2.84 bits per heavy atom. The lowest BCUT2D eigenvalue weighted by atomic mass is 10.1. The topological polar surface area (TPSA) is 52.6 Å². The number of benzene rings is 1. The number of carbonyl (C=O) groups is 1. The van der Waals surface area contributed by atoms with Gasteiger partial charge < -0.3 is 15.3 Å². The number of carbonyl (C=O) groups excluding carboxylic acids is 1. The van der Waals surface area contributed by atoms with Crippen LogP contribution in [0, 0.1) is 0 Å². The lowest BCUT2D eigenvalue weighted by Crippen LogP contribution is -2.42. The molecule has 5 heteroatoms. The predicted octanol–water partition coefficient (Wildman–Crippen LogP) is 2.59. The van der Waals surface area contributed by atoms with Crippen LogP contribution < -0.4 is 5.32 Å². The van der Waals surface area contributed by atoms with Crippen LogP contribution in [0.3, 0.4) is 0 Å². The number of aliphatic hydroxyl groups excluding tert-OH is 1. The van der Waals surface area contributed by atoms with E-state index in [0.717, 1.165) is 5.56 Å². The SMILES string of the molecule is C=CCN(CCO)C(=O)NC(C)c1ccccc1Cl. The molecule has 0 spiro atoms. The Balaban J connectivity index is 2.69. The molecule has 0 aliphatic carbocycles. The van der Waals surface area contributed by atoms with Crippen LogP contribution in [0.4, 0.5) is 4.79 Å². The van der Waals surface area contributed by atoms with Crippen molar-refractivity contribution in [2.24, 2.45) is 0 Å². The minimum atomic E-state index is -0.249. The van der Waals surface area contributed by atoms with Gasteiger partial charge in [-0.1, -0.05) is 35.9 Å². The third-order valence-electron chi connectivity index (χ3n) is 2.72. The zero-order valence-corrected chi connectivity index (χ0v) is 11.7. The van der Waals surface area contributed by atoms with Crippen molar-refractivity contribution in [2.45, 2.75) is 13.0 Å². The molecule has 0 fully saturated rings. The van der Waals surface area contributed by atoms with Crippen molar-refractivity contribution >= 4 is 17.6 Å². The molecule has 0 aliphatic rings. The summed E-state index contributed by atoms with van der Waals surface area (Å²) in [5.41, 5.74) is 0.861. The smallest absolute Gasteiger partial charge is 0.318 e. The van der Waals surface area contributed by atoms with Gasteiger partial charge >= 0.3 is 6.03 Å². The average molecular weight is 283 g/mol. The molecule has 0 saturated heterocycles. The number of urea groups is 1. The largest absolute Gasteiger partial charge is 0.395 e. The Hall–Kier alpha value is -1.52. The van der Waals surface area contributed by atoms with E-state index < -0.39 is 0 Å². The van der Waals surface area contributed by atoms with Crippen LogP contribution in [-0.2, 0) is 0 Å². The van der Waals surface area contributed by atoms with E-state index in [0.29, 0.717) is 11.6 Å². The molecule has 1 aromatic carbocycles. The quantitative estimate of drug-likeness (QED) is 0.788. The minimum Gasteiger partial charge on any atom is -0.395 e. The lowest BCUT2D eigenvalue weighted by Gasteiger charge is -2.24. The highest BCUT2D eigenvalue weighted by Crippen LogP contribution is 2.22. The fraction of sp³-hybridized carbons (Fsp3) is 0.357. The Morgan fingerprint density at radius 2 is 2.26 bits per heavy atom. The second-order valence-corrected chi connectivity index (χ2v) is 4.56. The van der Waals surface area contributed by atoms with Crippen molar-refractivity contribution < 1.29 is 9.90 Å². The van der Waals surface area contributed by atoms with E-state index in [-0.39, 0.29) is 25.2 Å². The van der Waals surface area contributed by atoms with Crippen molar-refractivity contribution in [1.82, 2.24) is 10.2 Å². The summed E-state index contributed by atoms with van der Waals surface area (Å²) >= 11 is 6.08. The van der Waals surface area contributed by atoms with Gasteiger partial charge in [-0.15, -0.1) is 6.58 Å². The van der Waals surface area contributed by atoms with Crippen LogP contribution >= 0.6 is 11.6 Å². The molecule has 1 atom stereocenters. The molecule has 0 bridgehead atoms. The van der Waals surface area contributed by atoms with Gasteiger partial charge in [0.2, 0.25) is 0 Å². The third-order valence-corrected chi connectivity index (χ3v) is 3.06. The second-order valence-electron chi connectivity index (χ2n) is 4.15. The van der Waals surface area contributed by atoms with Crippen LogP contribution in [-0.4, -0.2) is 35.7 Å². The van der Waals surface area contributed by atoms with Crippen molar-refractivity contribution in [1.29, 1.82) is 0 Å². The minimum absolute atomic E-state index is 0.0816. The van der Waals surface area contributed by atoms with E-state index in [9.17, 15) is 4.79 Å².